The Morgan fingerprint density at radius 2 is 1.82 bits per heavy atom. The number of carbonyl (C=O) groups is 4. The molecule has 0 saturated heterocycles. The van der Waals surface area contributed by atoms with Gasteiger partial charge in [-0.2, -0.15) is 0 Å². The zero-order valence-corrected chi connectivity index (χ0v) is 27.8. The number of carbonyl (C=O) groups excluding carboxylic acids is 4. The Balaban J connectivity index is 3.13. The number of ether oxygens (including phenoxy) is 3. The molecule has 0 spiro atoms. The maximum atomic E-state index is 13.5. The predicted octanol–water partition coefficient (Wildman–Crippen LogP) is 3.58. The zero-order valence-electron chi connectivity index (χ0n) is 27.8. The fraction of sp³-hybridized carbons (Fsp3) is 0.576. The summed E-state index contributed by atoms with van der Waals surface area (Å²) in [6.45, 7) is 14.0. The van der Waals surface area contributed by atoms with Crippen molar-refractivity contribution in [2.75, 3.05) is 47.5 Å². The summed E-state index contributed by atoms with van der Waals surface area (Å²) in [6, 6.07) is 0. The van der Waals surface area contributed by atoms with Crippen LogP contribution in [-0.2, 0) is 28.6 Å². The van der Waals surface area contributed by atoms with E-state index < -0.39 is 24.2 Å². The van der Waals surface area contributed by atoms with E-state index in [0.29, 0.717) is 37.4 Å². The molecule has 246 valence electrons. The fourth-order valence-corrected chi connectivity index (χ4v) is 4.51. The van der Waals surface area contributed by atoms with Gasteiger partial charge in [0.15, 0.2) is 6.10 Å². The molecule has 4 N–H and O–H groups in total. The van der Waals surface area contributed by atoms with Crippen LogP contribution in [-0.4, -0.2) is 88.2 Å². The molecule has 0 aliphatic heterocycles. The fourth-order valence-electron chi connectivity index (χ4n) is 4.51. The molecule has 0 aromatic heterocycles. The lowest BCUT2D eigenvalue weighted by Gasteiger charge is -2.24. The Morgan fingerprint density at radius 1 is 1.14 bits per heavy atom. The molecule has 1 rings (SSSR count). The Bertz CT molecular complexity index is 1170. The Kier molecular flexibility index (Phi) is 17.2. The summed E-state index contributed by atoms with van der Waals surface area (Å²) in [5, 5.41) is 5.78. The van der Waals surface area contributed by atoms with Crippen molar-refractivity contribution in [3.05, 3.63) is 58.5 Å². The number of nitrogens with two attached hydrogens (primary N) is 1. The number of allylic oxidation sites excluding steroid dienone is 4. The summed E-state index contributed by atoms with van der Waals surface area (Å²) in [6.07, 6.45) is 6.68. The molecule has 0 radical (unpaired) electrons. The SMILES string of the molecule is CCC(C)CC1=C(NCCN(C)CC)C(=O)C=C(NC(=O)/C(C)=C/C=C\C(OC)C(OC(N)=O)/C(C)=C/C(C)COC)C1=O. The van der Waals surface area contributed by atoms with Gasteiger partial charge >= 0.3 is 6.09 Å². The highest BCUT2D eigenvalue weighted by Gasteiger charge is 2.30. The molecule has 4 unspecified atom stereocenters. The maximum Gasteiger partial charge on any atom is 0.405 e. The third-order valence-corrected chi connectivity index (χ3v) is 7.42. The summed E-state index contributed by atoms with van der Waals surface area (Å²) in [4.78, 5) is 53.3. The summed E-state index contributed by atoms with van der Waals surface area (Å²) in [7, 11) is 5.05. The molecule has 0 aromatic rings. The Labute approximate surface area is 262 Å². The molecule has 1 aliphatic rings. The van der Waals surface area contributed by atoms with Gasteiger partial charge in [0.25, 0.3) is 5.91 Å². The zero-order chi connectivity index (χ0) is 33.4. The number of hydrogen-bond acceptors (Lipinski definition) is 9. The average Bonchev–Trinajstić information content (AvgIpc) is 2.97. The first-order valence-corrected chi connectivity index (χ1v) is 15.1. The number of rotatable bonds is 19. The van der Waals surface area contributed by atoms with Gasteiger partial charge in [-0.3, -0.25) is 14.4 Å². The van der Waals surface area contributed by atoms with Gasteiger partial charge in [-0.05, 0) is 51.3 Å². The van der Waals surface area contributed by atoms with Crippen molar-refractivity contribution >= 4 is 23.6 Å². The molecule has 44 heavy (non-hydrogen) atoms. The standard InChI is InChI=1S/C33H52N4O7/c1-10-21(3)18-25-29(35-15-16-37(7)11-2)27(38)19-26(30(25)39)36-32(40)23(5)13-12-14-28(43-9)31(44-33(34)41)24(6)17-22(4)20-42-8/h12-14,17,19,21-22,28,31,35H,10-11,15-16,18,20H2,1-9H3,(H2,34,41)(H,36,40)/b14-12-,23-13+,24-17+. The highest BCUT2D eigenvalue weighted by atomic mass is 16.6. The van der Waals surface area contributed by atoms with Crippen LogP contribution in [0, 0.1) is 11.8 Å². The van der Waals surface area contributed by atoms with Crippen LogP contribution in [0.1, 0.15) is 54.4 Å². The normalized spacial score (nSPS) is 17.5. The first-order valence-electron chi connectivity index (χ1n) is 15.1. The minimum Gasteiger partial charge on any atom is -0.439 e. The van der Waals surface area contributed by atoms with Crippen LogP contribution >= 0.6 is 0 Å². The molecule has 0 fully saturated rings. The van der Waals surface area contributed by atoms with Crippen molar-refractivity contribution in [2.24, 2.45) is 17.6 Å². The van der Waals surface area contributed by atoms with Crippen LogP contribution in [0.2, 0.25) is 0 Å². The second-order valence-corrected chi connectivity index (χ2v) is 11.2. The summed E-state index contributed by atoms with van der Waals surface area (Å²) < 4.78 is 16.1. The maximum absolute atomic E-state index is 13.5. The van der Waals surface area contributed by atoms with Gasteiger partial charge in [0, 0.05) is 44.5 Å². The minimum atomic E-state index is -0.947. The van der Waals surface area contributed by atoms with Crippen LogP contribution in [0.3, 0.4) is 0 Å². The number of hydrogen-bond donors (Lipinski definition) is 3. The van der Waals surface area contributed by atoms with Crippen LogP contribution in [0.5, 0.6) is 0 Å². The van der Waals surface area contributed by atoms with Crippen LogP contribution < -0.4 is 16.4 Å². The number of nitrogens with zero attached hydrogens (tertiary/aromatic N) is 1. The highest BCUT2D eigenvalue weighted by Crippen LogP contribution is 2.25. The van der Waals surface area contributed by atoms with E-state index in [9.17, 15) is 19.2 Å². The van der Waals surface area contributed by atoms with Gasteiger partial charge in [0.05, 0.1) is 18.0 Å². The molecule has 0 bridgehead atoms. The molecule has 11 heteroatoms. The lowest BCUT2D eigenvalue weighted by Crippen LogP contribution is -2.38. The second-order valence-electron chi connectivity index (χ2n) is 11.2. The van der Waals surface area contributed by atoms with Crippen LogP contribution in [0.25, 0.3) is 0 Å². The number of methoxy groups -OCH3 is 2. The molecule has 2 amide bonds. The van der Waals surface area contributed by atoms with E-state index in [-0.39, 0.29) is 34.7 Å². The quantitative estimate of drug-likeness (QED) is 0.0857. The lowest BCUT2D eigenvalue weighted by atomic mass is 9.88. The smallest absolute Gasteiger partial charge is 0.405 e. The number of likely N-dealkylation sites (N-methyl/N-ethyl adjacent to an activating group) is 1. The van der Waals surface area contributed by atoms with Gasteiger partial charge in [-0.15, -0.1) is 0 Å². The van der Waals surface area contributed by atoms with Gasteiger partial charge < -0.3 is 35.5 Å². The van der Waals surface area contributed by atoms with Crippen molar-refractivity contribution in [3.8, 4) is 0 Å². The highest BCUT2D eigenvalue weighted by molar-refractivity contribution is 6.23. The molecule has 0 aromatic carbocycles. The predicted molar refractivity (Wildman–Crippen MR) is 171 cm³/mol. The van der Waals surface area contributed by atoms with Gasteiger partial charge in [0.1, 0.15) is 6.10 Å². The average molecular weight is 617 g/mol. The van der Waals surface area contributed by atoms with Crippen molar-refractivity contribution < 1.29 is 33.4 Å². The van der Waals surface area contributed by atoms with Crippen molar-refractivity contribution in [1.82, 2.24) is 15.5 Å². The van der Waals surface area contributed by atoms with Crippen molar-refractivity contribution in [3.63, 3.8) is 0 Å². The number of nitrogens with one attached hydrogen (secondary N) is 2. The van der Waals surface area contributed by atoms with Gasteiger partial charge in [0.2, 0.25) is 11.6 Å². The molecular weight excluding hydrogens is 564 g/mol. The number of amides is 2. The third kappa shape index (κ3) is 12.6. The number of ketones is 2. The van der Waals surface area contributed by atoms with E-state index in [1.165, 1.54) is 19.3 Å². The molecular formula is C33H52N4O7. The molecule has 0 saturated carbocycles. The van der Waals surface area contributed by atoms with E-state index in [0.717, 1.165) is 18.5 Å². The van der Waals surface area contributed by atoms with E-state index in [1.807, 2.05) is 40.8 Å². The molecule has 4 atom stereocenters. The van der Waals surface area contributed by atoms with Crippen molar-refractivity contribution in [2.45, 2.75) is 66.6 Å². The van der Waals surface area contributed by atoms with Crippen LogP contribution in [0.15, 0.2) is 58.5 Å². The summed E-state index contributed by atoms with van der Waals surface area (Å²) in [5.41, 5.74) is 6.95. The second kappa shape index (κ2) is 19.7. The van der Waals surface area contributed by atoms with Crippen LogP contribution in [0.4, 0.5) is 4.79 Å². The summed E-state index contributed by atoms with van der Waals surface area (Å²) >= 11 is 0. The van der Waals surface area contributed by atoms with Gasteiger partial charge in [-0.25, -0.2) is 4.79 Å². The lowest BCUT2D eigenvalue weighted by molar-refractivity contribution is -0.120. The molecule has 11 nitrogen and oxygen atoms in total. The van der Waals surface area contributed by atoms with E-state index in [2.05, 4.69) is 15.5 Å². The summed E-state index contributed by atoms with van der Waals surface area (Å²) in [5.74, 6) is -1.01. The minimum absolute atomic E-state index is 0.0538. The Morgan fingerprint density at radius 3 is 2.39 bits per heavy atom. The van der Waals surface area contributed by atoms with E-state index in [4.69, 9.17) is 19.9 Å². The molecule has 0 heterocycles. The monoisotopic (exact) mass is 616 g/mol. The largest absolute Gasteiger partial charge is 0.439 e. The first kappa shape index (κ1) is 38.5. The first-order chi connectivity index (χ1) is 20.8. The number of Topliss-reactive ketones (excluding diaryl/α,β-unsaturated/α-hetero) is 1. The van der Waals surface area contributed by atoms with Crippen molar-refractivity contribution in [1.29, 1.82) is 0 Å². The molecule has 1 aliphatic carbocycles. The van der Waals surface area contributed by atoms with E-state index >= 15 is 0 Å². The third-order valence-electron chi connectivity index (χ3n) is 7.42. The number of primary amides is 1. The van der Waals surface area contributed by atoms with Gasteiger partial charge in [-0.1, -0.05) is 58.4 Å². The van der Waals surface area contributed by atoms with E-state index in [1.54, 1.807) is 33.1 Å². The topological polar surface area (TPSA) is 149 Å². The Hall–Kier alpha value is -3.54.